The van der Waals surface area contributed by atoms with Gasteiger partial charge in [0.2, 0.25) is 5.91 Å². The van der Waals surface area contributed by atoms with Gasteiger partial charge in [-0.2, -0.15) is 0 Å². The predicted octanol–water partition coefficient (Wildman–Crippen LogP) is 2.90. The highest BCUT2D eigenvalue weighted by molar-refractivity contribution is 9.10. The monoisotopic (exact) mass is 474 g/mol. The van der Waals surface area contributed by atoms with E-state index in [-0.39, 0.29) is 23.4 Å². The minimum atomic E-state index is -3.40. The molecule has 0 bridgehead atoms. The number of sulfone groups is 1. The highest BCUT2D eigenvalue weighted by Crippen LogP contribution is 2.17. The topological polar surface area (TPSA) is 92.3 Å². The molecule has 10 heteroatoms. The first-order chi connectivity index (χ1) is 13.1. The van der Waals surface area contributed by atoms with E-state index in [1.54, 1.807) is 18.2 Å². The number of halogens is 3. The Morgan fingerprint density at radius 1 is 1.11 bits per heavy atom. The van der Waals surface area contributed by atoms with Crippen LogP contribution in [0, 0.1) is 11.6 Å². The molecule has 0 saturated carbocycles. The predicted molar refractivity (Wildman–Crippen MR) is 105 cm³/mol. The fourth-order valence-corrected chi connectivity index (χ4v) is 3.41. The van der Waals surface area contributed by atoms with Crippen LogP contribution in [0.3, 0.4) is 0 Å². The second-order valence-corrected chi connectivity index (χ2v) is 9.16. The fourth-order valence-electron chi connectivity index (χ4n) is 2.29. The molecule has 0 aliphatic rings. The number of benzene rings is 2. The molecule has 0 saturated heterocycles. The van der Waals surface area contributed by atoms with Crippen molar-refractivity contribution in [2.75, 3.05) is 17.3 Å². The molecule has 0 aromatic heterocycles. The van der Waals surface area contributed by atoms with Crippen LogP contribution in [0.5, 0.6) is 0 Å². The van der Waals surface area contributed by atoms with Gasteiger partial charge in [0.1, 0.15) is 15.9 Å². The van der Waals surface area contributed by atoms with Gasteiger partial charge in [0.15, 0.2) is 11.6 Å². The number of hydrogen-bond acceptors (Lipinski definition) is 4. The molecule has 2 rings (SSSR count). The average Bonchev–Trinajstić information content (AvgIpc) is 2.61. The average molecular weight is 475 g/mol. The highest BCUT2D eigenvalue weighted by atomic mass is 79.9. The Kier molecular flexibility index (Phi) is 7.25. The van der Waals surface area contributed by atoms with Crippen LogP contribution in [0.4, 0.5) is 14.5 Å². The summed E-state index contributed by atoms with van der Waals surface area (Å²) in [7, 11) is -3.40. The van der Waals surface area contributed by atoms with E-state index in [2.05, 4.69) is 26.6 Å². The number of nitrogens with one attached hydrogen (secondary N) is 2. The standard InChI is InChI=1S/C18H17BrF2N2O4S/c1-28(26,27)9-8-16(23-17(24)12-4-2-3-5-13(12)19)18(25)22-11-6-7-14(20)15(21)10-11/h2-7,10,16H,8-9H2,1H3,(H,22,25)(H,23,24). The van der Waals surface area contributed by atoms with Crippen LogP contribution in [-0.2, 0) is 14.6 Å². The summed E-state index contributed by atoms with van der Waals surface area (Å²) in [6.07, 6.45) is 0.817. The van der Waals surface area contributed by atoms with Crippen molar-refractivity contribution in [3.8, 4) is 0 Å². The third kappa shape index (κ3) is 6.38. The molecule has 6 nitrogen and oxygen atoms in total. The molecular formula is C18H17BrF2N2O4S. The van der Waals surface area contributed by atoms with Gasteiger partial charge in [-0.1, -0.05) is 12.1 Å². The van der Waals surface area contributed by atoms with Crippen molar-refractivity contribution < 1.29 is 26.8 Å². The Labute approximate surface area is 169 Å². The molecule has 0 spiro atoms. The minimum Gasteiger partial charge on any atom is -0.340 e. The van der Waals surface area contributed by atoms with Crippen molar-refractivity contribution in [1.82, 2.24) is 5.32 Å². The van der Waals surface area contributed by atoms with E-state index in [0.29, 0.717) is 4.47 Å². The van der Waals surface area contributed by atoms with E-state index in [9.17, 15) is 26.8 Å². The van der Waals surface area contributed by atoms with E-state index in [1.807, 2.05) is 0 Å². The van der Waals surface area contributed by atoms with E-state index in [1.165, 1.54) is 6.07 Å². The van der Waals surface area contributed by atoms with Crippen LogP contribution in [0.1, 0.15) is 16.8 Å². The quantitative estimate of drug-likeness (QED) is 0.645. The molecule has 0 aliphatic heterocycles. The second-order valence-electron chi connectivity index (χ2n) is 6.04. The molecule has 0 fully saturated rings. The molecule has 150 valence electrons. The normalized spacial score (nSPS) is 12.3. The molecule has 2 aromatic carbocycles. The zero-order chi connectivity index (χ0) is 20.9. The molecule has 1 unspecified atom stereocenters. The molecule has 1 atom stereocenters. The van der Waals surface area contributed by atoms with E-state index in [0.717, 1.165) is 24.5 Å². The third-order valence-electron chi connectivity index (χ3n) is 3.70. The molecule has 2 N–H and O–H groups in total. The lowest BCUT2D eigenvalue weighted by Crippen LogP contribution is -2.44. The number of carbonyl (C=O) groups is 2. The Bertz CT molecular complexity index is 999. The second kappa shape index (κ2) is 9.24. The lowest BCUT2D eigenvalue weighted by Gasteiger charge is -2.19. The van der Waals surface area contributed by atoms with E-state index in [4.69, 9.17) is 0 Å². The third-order valence-corrected chi connectivity index (χ3v) is 5.37. The van der Waals surface area contributed by atoms with Gasteiger partial charge in [0, 0.05) is 22.5 Å². The van der Waals surface area contributed by atoms with Crippen LogP contribution in [0.25, 0.3) is 0 Å². The molecule has 0 aliphatic carbocycles. The molecule has 28 heavy (non-hydrogen) atoms. The van der Waals surface area contributed by atoms with Gasteiger partial charge in [0.25, 0.3) is 5.91 Å². The Morgan fingerprint density at radius 3 is 2.39 bits per heavy atom. The van der Waals surface area contributed by atoms with Crippen molar-refractivity contribution in [2.24, 2.45) is 0 Å². The Hall–Kier alpha value is -2.33. The molecule has 0 heterocycles. The van der Waals surface area contributed by atoms with Crippen LogP contribution < -0.4 is 10.6 Å². The lowest BCUT2D eigenvalue weighted by molar-refractivity contribution is -0.118. The first-order valence-corrected chi connectivity index (χ1v) is 10.9. The largest absolute Gasteiger partial charge is 0.340 e. The van der Waals surface area contributed by atoms with E-state index >= 15 is 0 Å². The van der Waals surface area contributed by atoms with Crippen LogP contribution in [0.15, 0.2) is 46.9 Å². The van der Waals surface area contributed by atoms with E-state index < -0.39 is 39.3 Å². The Morgan fingerprint density at radius 2 is 1.79 bits per heavy atom. The Balaban J connectivity index is 2.20. The SMILES string of the molecule is CS(=O)(=O)CCC(NC(=O)c1ccccc1Br)C(=O)Nc1ccc(F)c(F)c1. The molecule has 0 radical (unpaired) electrons. The van der Waals surface area contributed by atoms with Crippen LogP contribution in [0.2, 0.25) is 0 Å². The van der Waals surface area contributed by atoms with Gasteiger partial charge in [-0.05, 0) is 46.6 Å². The van der Waals surface area contributed by atoms with Gasteiger partial charge < -0.3 is 10.6 Å². The van der Waals surface area contributed by atoms with Gasteiger partial charge >= 0.3 is 0 Å². The number of hydrogen-bond donors (Lipinski definition) is 2. The summed E-state index contributed by atoms with van der Waals surface area (Å²) >= 11 is 3.23. The maximum Gasteiger partial charge on any atom is 0.253 e. The summed E-state index contributed by atoms with van der Waals surface area (Å²) < 4.78 is 49.8. The maximum atomic E-state index is 13.3. The summed E-state index contributed by atoms with van der Waals surface area (Å²) in [6, 6.07) is 8.08. The molecule has 2 amide bonds. The highest BCUT2D eigenvalue weighted by Gasteiger charge is 2.24. The maximum absolute atomic E-state index is 13.3. The number of carbonyl (C=O) groups excluding carboxylic acids is 2. The first kappa shape index (κ1) is 22.0. The zero-order valence-corrected chi connectivity index (χ0v) is 17.1. The summed E-state index contributed by atoms with van der Waals surface area (Å²) in [5.41, 5.74) is 0.232. The molecule has 2 aromatic rings. The summed E-state index contributed by atoms with van der Waals surface area (Å²) in [5, 5.41) is 4.83. The number of anilines is 1. The van der Waals surface area contributed by atoms with Gasteiger partial charge in [-0.3, -0.25) is 9.59 Å². The van der Waals surface area contributed by atoms with Gasteiger partial charge in [-0.25, -0.2) is 17.2 Å². The van der Waals surface area contributed by atoms with Crippen molar-refractivity contribution in [1.29, 1.82) is 0 Å². The van der Waals surface area contributed by atoms with Crippen molar-refractivity contribution in [3.05, 3.63) is 64.1 Å². The zero-order valence-electron chi connectivity index (χ0n) is 14.7. The first-order valence-electron chi connectivity index (χ1n) is 8.06. The number of amides is 2. The van der Waals surface area contributed by atoms with Crippen molar-refractivity contribution >= 4 is 43.3 Å². The van der Waals surface area contributed by atoms with Crippen molar-refractivity contribution in [2.45, 2.75) is 12.5 Å². The van der Waals surface area contributed by atoms with Crippen molar-refractivity contribution in [3.63, 3.8) is 0 Å². The van der Waals surface area contributed by atoms with Crippen LogP contribution in [-0.4, -0.2) is 38.3 Å². The molecular weight excluding hydrogens is 458 g/mol. The summed E-state index contributed by atoms with van der Waals surface area (Å²) in [5.74, 6) is -3.92. The fraction of sp³-hybridized carbons (Fsp3) is 0.222. The smallest absolute Gasteiger partial charge is 0.253 e. The summed E-state index contributed by atoms with van der Waals surface area (Å²) in [4.78, 5) is 25.0. The number of rotatable bonds is 7. The van der Waals surface area contributed by atoms with Crippen LogP contribution >= 0.6 is 15.9 Å². The van der Waals surface area contributed by atoms with Gasteiger partial charge in [0.05, 0.1) is 11.3 Å². The summed E-state index contributed by atoms with van der Waals surface area (Å²) in [6.45, 7) is 0. The van der Waals surface area contributed by atoms with Gasteiger partial charge in [-0.15, -0.1) is 0 Å². The lowest BCUT2D eigenvalue weighted by atomic mass is 10.1. The minimum absolute atomic E-state index is 0.0246.